The molecule has 3 rings (SSSR count). The van der Waals surface area contributed by atoms with Gasteiger partial charge in [-0.25, -0.2) is 9.59 Å². The van der Waals surface area contributed by atoms with Crippen LogP contribution in [0.4, 0.5) is 15.3 Å². The first-order chi connectivity index (χ1) is 13.6. The second kappa shape index (κ2) is 8.14. The van der Waals surface area contributed by atoms with Gasteiger partial charge in [0.25, 0.3) is 0 Å². The zero-order valence-electron chi connectivity index (χ0n) is 17.7. The maximum atomic E-state index is 12.6. The molecule has 8 nitrogen and oxygen atoms in total. The second-order valence-electron chi connectivity index (χ2n) is 8.39. The summed E-state index contributed by atoms with van der Waals surface area (Å²) in [5.41, 5.74) is 2.25. The first-order valence-electron chi connectivity index (χ1n) is 9.73. The van der Waals surface area contributed by atoms with E-state index >= 15 is 0 Å². The molecule has 1 N–H and O–H groups in total. The number of benzene rings is 1. The van der Waals surface area contributed by atoms with Gasteiger partial charge in [0.1, 0.15) is 5.60 Å². The van der Waals surface area contributed by atoms with Crippen LogP contribution in [0, 0.1) is 0 Å². The van der Waals surface area contributed by atoms with E-state index in [1.807, 2.05) is 58.3 Å². The maximum absolute atomic E-state index is 12.6. The molecular weight excluding hydrogens is 370 g/mol. The molecule has 2 heterocycles. The minimum absolute atomic E-state index is 0.0443. The van der Waals surface area contributed by atoms with Gasteiger partial charge in [0.05, 0.1) is 12.2 Å². The van der Waals surface area contributed by atoms with Crippen LogP contribution in [0.2, 0.25) is 0 Å². The van der Waals surface area contributed by atoms with E-state index in [9.17, 15) is 9.59 Å². The van der Waals surface area contributed by atoms with Crippen molar-refractivity contribution in [3.8, 4) is 11.1 Å². The van der Waals surface area contributed by atoms with Gasteiger partial charge in [0.2, 0.25) is 0 Å². The quantitative estimate of drug-likeness (QED) is 0.856. The summed E-state index contributed by atoms with van der Waals surface area (Å²) in [5, 5.41) is 7.09. The molecule has 1 aromatic heterocycles. The van der Waals surface area contributed by atoms with Crippen LogP contribution < -0.4 is 5.32 Å². The van der Waals surface area contributed by atoms with Gasteiger partial charge in [-0.05, 0) is 44.9 Å². The van der Waals surface area contributed by atoms with Gasteiger partial charge < -0.3 is 19.9 Å². The number of hydrogen-bond donors (Lipinski definition) is 1. The number of aryl methyl sites for hydroxylation is 1. The predicted molar refractivity (Wildman–Crippen MR) is 112 cm³/mol. The van der Waals surface area contributed by atoms with Crippen LogP contribution in [0.25, 0.3) is 11.1 Å². The van der Waals surface area contributed by atoms with Crippen molar-refractivity contribution >= 4 is 17.8 Å². The number of hydrogen-bond acceptors (Lipinski definition) is 4. The number of ether oxygens (including phenoxy) is 1. The van der Waals surface area contributed by atoms with Crippen LogP contribution >= 0.6 is 0 Å². The molecule has 0 aliphatic carbocycles. The monoisotopic (exact) mass is 399 g/mol. The highest BCUT2D eigenvalue weighted by atomic mass is 16.6. The van der Waals surface area contributed by atoms with Gasteiger partial charge in [-0.3, -0.25) is 4.68 Å². The number of nitrogens with zero attached hydrogens (tertiary/aromatic N) is 4. The summed E-state index contributed by atoms with van der Waals surface area (Å²) in [6.45, 7) is 6.59. The molecule has 8 heteroatoms. The minimum Gasteiger partial charge on any atom is -0.444 e. The molecule has 0 bridgehead atoms. The third-order valence-electron chi connectivity index (χ3n) is 4.86. The smallest absolute Gasteiger partial charge is 0.410 e. The molecule has 156 valence electrons. The van der Waals surface area contributed by atoms with Crippen molar-refractivity contribution in [2.45, 2.75) is 38.8 Å². The summed E-state index contributed by atoms with van der Waals surface area (Å²) in [5.74, 6) is 0. The van der Waals surface area contributed by atoms with Gasteiger partial charge in [0, 0.05) is 44.6 Å². The van der Waals surface area contributed by atoms with Crippen LogP contribution in [0.5, 0.6) is 0 Å². The number of carbonyl (C=O) groups excluding carboxylic acids is 2. The fraction of sp³-hybridized carbons (Fsp3) is 0.476. The van der Waals surface area contributed by atoms with Gasteiger partial charge in [-0.1, -0.05) is 12.1 Å². The number of anilines is 1. The number of rotatable bonds is 3. The molecule has 1 aromatic carbocycles. The first kappa shape index (κ1) is 20.7. The Hall–Kier alpha value is -3.03. The number of urea groups is 1. The highest BCUT2D eigenvalue weighted by Gasteiger charge is 2.33. The normalized spacial score (nSPS) is 16.6. The Morgan fingerprint density at radius 3 is 2.48 bits per heavy atom. The third-order valence-corrected chi connectivity index (χ3v) is 4.86. The minimum atomic E-state index is -0.527. The highest BCUT2D eigenvalue weighted by molar-refractivity contribution is 5.89. The number of likely N-dealkylation sites (N-methyl/N-ethyl adjacent to an activating group) is 1. The van der Waals surface area contributed by atoms with Crippen LogP contribution in [0.3, 0.4) is 0 Å². The molecule has 1 unspecified atom stereocenters. The van der Waals surface area contributed by atoms with Gasteiger partial charge in [0.15, 0.2) is 0 Å². The first-order valence-corrected chi connectivity index (χ1v) is 9.73. The Morgan fingerprint density at radius 2 is 1.90 bits per heavy atom. The summed E-state index contributed by atoms with van der Waals surface area (Å²) in [6, 6.07) is 7.40. The van der Waals surface area contributed by atoms with Crippen molar-refractivity contribution in [2.75, 3.05) is 25.5 Å². The number of nitrogens with one attached hydrogen (secondary N) is 1. The van der Waals surface area contributed by atoms with E-state index in [2.05, 4.69) is 10.4 Å². The fourth-order valence-corrected chi connectivity index (χ4v) is 3.24. The lowest BCUT2D eigenvalue weighted by Crippen LogP contribution is -2.43. The largest absolute Gasteiger partial charge is 0.444 e. The van der Waals surface area contributed by atoms with E-state index in [1.165, 1.54) is 0 Å². The SMILES string of the molecule is CN(C(=O)Nc1ccc(-c2cnn(C)c2)cc1)C1CCN(C(=O)OC(C)(C)C)C1. The molecule has 1 aliphatic heterocycles. The second-order valence-corrected chi connectivity index (χ2v) is 8.39. The summed E-state index contributed by atoms with van der Waals surface area (Å²) in [7, 11) is 3.63. The van der Waals surface area contributed by atoms with Crippen molar-refractivity contribution in [2.24, 2.45) is 7.05 Å². The number of likely N-dealkylation sites (tertiary alicyclic amines) is 1. The van der Waals surface area contributed by atoms with Crippen LogP contribution in [0.15, 0.2) is 36.7 Å². The van der Waals surface area contributed by atoms with E-state index in [0.717, 1.165) is 23.2 Å². The van der Waals surface area contributed by atoms with Crippen molar-refractivity contribution in [3.63, 3.8) is 0 Å². The molecule has 0 saturated carbocycles. The molecule has 29 heavy (non-hydrogen) atoms. The maximum Gasteiger partial charge on any atom is 0.410 e. The molecule has 1 aliphatic rings. The molecule has 2 aromatic rings. The average Bonchev–Trinajstić information content (AvgIpc) is 3.29. The molecular formula is C21H29N5O3. The lowest BCUT2D eigenvalue weighted by Gasteiger charge is -2.27. The van der Waals surface area contributed by atoms with E-state index in [-0.39, 0.29) is 18.2 Å². The summed E-state index contributed by atoms with van der Waals surface area (Å²) < 4.78 is 7.17. The average molecular weight is 399 g/mol. The third kappa shape index (κ3) is 5.28. The Morgan fingerprint density at radius 1 is 1.21 bits per heavy atom. The Kier molecular flexibility index (Phi) is 5.81. The van der Waals surface area contributed by atoms with E-state index in [4.69, 9.17) is 4.74 Å². The van der Waals surface area contributed by atoms with Gasteiger partial charge in [-0.2, -0.15) is 5.10 Å². The highest BCUT2D eigenvalue weighted by Crippen LogP contribution is 2.22. The molecule has 3 amide bonds. The zero-order valence-corrected chi connectivity index (χ0v) is 17.7. The topological polar surface area (TPSA) is 79.7 Å². The van der Waals surface area contributed by atoms with Crippen LogP contribution in [-0.4, -0.2) is 63.5 Å². The van der Waals surface area contributed by atoms with Gasteiger partial charge in [-0.15, -0.1) is 0 Å². The molecule has 1 fully saturated rings. The molecule has 0 radical (unpaired) electrons. The summed E-state index contributed by atoms with van der Waals surface area (Å²) in [6.07, 6.45) is 4.14. The van der Waals surface area contributed by atoms with E-state index < -0.39 is 5.60 Å². The van der Waals surface area contributed by atoms with Gasteiger partial charge >= 0.3 is 12.1 Å². The Balaban J connectivity index is 1.55. The molecule has 1 atom stereocenters. The summed E-state index contributed by atoms with van der Waals surface area (Å²) in [4.78, 5) is 28.2. The van der Waals surface area contributed by atoms with E-state index in [0.29, 0.717) is 13.1 Å². The van der Waals surface area contributed by atoms with Crippen molar-refractivity contribution in [1.29, 1.82) is 0 Å². The standard InChI is InChI=1S/C21H29N5O3/c1-21(2,3)29-20(28)26-11-10-18(14-26)25(5)19(27)23-17-8-6-15(7-9-17)16-12-22-24(4)13-16/h6-9,12-13,18H,10-11,14H2,1-5H3,(H,23,27). The Bertz CT molecular complexity index is 869. The number of amides is 3. The summed E-state index contributed by atoms with van der Waals surface area (Å²) >= 11 is 0. The number of carbonyl (C=O) groups is 2. The van der Waals surface area contributed by atoms with Crippen molar-refractivity contribution in [3.05, 3.63) is 36.7 Å². The zero-order chi connectivity index (χ0) is 21.2. The molecule has 0 spiro atoms. The number of aromatic nitrogens is 2. The predicted octanol–water partition coefficient (Wildman–Crippen LogP) is 3.56. The van der Waals surface area contributed by atoms with Crippen LogP contribution in [0.1, 0.15) is 27.2 Å². The lowest BCUT2D eigenvalue weighted by molar-refractivity contribution is 0.0285. The fourth-order valence-electron chi connectivity index (χ4n) is 3.24. The Labute approximate surface area is 171 Å². The van der Waals surface area contributed by atoms with Crippen molar-refractivity contribution in [1.82, 2.24) is 19.6 Å². The van der Waals surface area contributed by atoms with Crippen molar-refractivity contribution < 1.29 is 14.3 Å². The molecule has 1 saturated heterocycles. The van der Waals surface area contributed by atoms with E-state index in [1.54, 1.807) is 27.7 Å². The van der Waals surface area contributed by atoms with Crippen LogP contribution in [-0.2, 0) is 11.8 Å². The lowest BCUT2D eigenvalue weighted by atomic mass is 10.1.